The van der Waals surface area contributed by atoms with Crippen molar-refractivity contribution in [1.29, 1.82) is 0 Å². The Bertz CT molecular complexity index is 137. The van der Waals surface area contributed by atoms with Crippen molar-refractivity contribution in [2.75, 3.05) is 24.7 Å². The van der Waals surface area contributed by atoms with Crippen LogP contribution in [0.1, 0.15) is 25.7 Å². The minimum atomic E-state index is -0.553. The summed E-state index contributed by atoms with van der Waals surface area (Å²) < 4.78 is 5.50. The molecule has 0 aromatic heterocycles. The molecule has 0 aromatic carbocycles. The first-order valence-corrected chi connectivity index (χ1v) is 6.46. The first-order valence-electron chi connectivity index (χ1n) is 5.31. The Morgan fingerprint density at radius 3 is 3.00 bits per heavy atom. The predicted molar refractivity (Wildman–Crippen MR) is 58.6 cm³/mol. The van der Waals surface area contributed by atoms with Crippen molar-refractivity contribution in [3.05, 3.63) is 0 Å². The third kappa shape index (κ3) is 5.20. The lowest BCUT2D eigenvalue weighted by Gasteiger charge is -2.09. The maximum atomic E-state index is 9.07. The van der Waals surface area contributed by atoms with Gasteiger partial charge in [-0.15, -0.1) is 0 Å². The van der Waals surface area contributed by atoms with Crippen LogP contribution in [0, 0.1) is 0 Å². The van der Waals surface area contributed by atoms with Crippen molar-refractivity contribution >= 4 is 11.8 Å². The van der Waals surface area contributed by atoms with Gasteiger partial charge in [-0.3, -0.25) is 0 Å². The predicted octanol–water partition coefficient (Wildman–Crippen LogP) is 1.03. The topological polar surface area (TPSA) is 49.7 Å². The lowest BCUT2D eigenvalue weighted by Crippen LogP contribution is -2.15. The Kier molecular flexibility index (Phi) is 6.60. The van der Waals surface area contributed by atoms with Crippen LogP contribution >= 0.6 is 11.8 Å². The van der Waals surface area contributed by atoms with E-state index in [0.717, 1.165) is 25.2 Å². The normalized spacial score (nSPS) is 24.0. The van der Waals surface area contributed by atoms with Crippen molar-refractivity contribution < 1.29 is 14.9 Å². The van der Waals surface area contributed by atoms with Gasteiger partial charge in [-0.25, -0.2) is 0 Å². The van der Waals surface area contributed by atoms with Gasteiger partial charge in [-0.2, -0.15) is 11.8 Å². The second kappa shape index (κ2) is 7.51. The van der Waals surface area contributed by atoms with Crippen molar-refractivity contribution in [2.24, 2.45) is 0 Å². The van der Waals surface area contributed by atoms with Crippen LogP contribution in [0.5, 0.6) is 0 Å². The largest absolute Gasteiger partial charge is 0.394 e. The van der Waals surface area contributed by atoms with E-state index in [1.807, 2.05) is 0 Å². The van der Waals surface area contributed by atoms with Gasteiger partial charge in [0, 0.05) is 12.4 Å². The fraction of sp³-hybridized carbons (Fsp3) is 1.00. The van der Waals surface area contributed by atoms with Crippen LogP contribution in [-0.4, -0.2) is 47.1 Å². The monoisotopic (exact) mass is 220 g/mol. The van der Waals surface area contributed by atoms with Crippen LogP contribution in [0.3, 0.4) is 0 Å². The van der Waals surface area contributed by atoms with Gasteiger partial charge in [-0.1, -0.05) is 0 Å². The number of aliphatic hydroxyl groups excluding tert-OH is 2. The zero-order chi connectivity index (χ0) is 10.2. The summed E-state index contributed by atoms with van der Waals surface area (Å²) in [4.78, 5) is 0. The molecule has 84 valence electrons. The van der Waals surface area contributed by atoms with Gasteiger partial charge in [0.2, 0.25) is 0 Å². The Balaban J connectivity index is 1.84. The molecule has 1 saturated heterocycles. The summed E-state index contributed by atoms with van der Waals surface area (Å²) >= 11 is 1.70. The van der Waals surface area contributed by atoms with E-state index in [1.165, 1.54) is 12.8 Å². The SMILES string of the molecule is OCC(O)CSCCCC1CCCO1. The maximum Gasteiger partial charge on any atom is 0.0861 e. The van der Waals surface area contributed by atoms with Crippen LogP contribution < -0.4 is 0 Å². The molecule has 0 saturated carbocycles. The molecule has 1 aliphatic heterocycles. The lowest BCUT2D eigenvalue weighted by atomic mass is 10.1. The van der Waals surface area contributed by atoms with Crippen LogP contribution in [0.25, 0.3) is 0 Å². The molecule has 0 aliphatic carbocycles. The van der Waals surface area contributed by atoms with E-state index in [-0.39, 0.29) is 6.61 Å². The Labute approximate surface area is 89.8 Å². The molecular weight excluding hydrogens is 200 g/mol. The zero-order valence-electron chi connectivity index (χ0n) is 8.52. The molecule has 2 N–H and O–H groups in total. The van der Waals surface area contributed by atoms with E-state index in [9.17, 15) is 0 Å². The molecule has 0 amide bonds. The molecular formula is C10H20O3S. The van der Waals surface area contributed by atoms with Crippen LogP contribution in [0.4, 0.5) is 0 Å². The van der Waals surface area contributed by atoms with Gasteiger partial charge in [0.1, 0.15) is 0 Å². The first kappa shape index (κ1) is 12.3. The highest BCUT2D eigenvalue weighted by Gasteiger charge is 2.14. The number of rotatable bonds is 7. The van der Waals surface area contributed by atoms with Gasteiger partial charge in [0.15, 0.2) is 0 Å². The molecule has 1 heterocycles. The molecule has 2 atom stereocenters. The summed E-state index contributed by atoms with van der Waals surface area (Å²) in [7, 11) is 0. The molecule has 14 heavy (non-hydrogen) atoms. The van der Waals surface area contributed by atoms with Crippen molar-refractivity contribution in [3.63, 3.8) is 0 Å². The van der Waals surface area contributed by atoms with Crippen molar-refractivity contribution in [1.82, 2.24) is 0 Å². The molecule has 3 nitrogen and oxygen atoms in total. The highest BCUT2D eigenvalue weighted by atomic mass is 32.2. The van der Waals surface area contributed by atoms with E-state index in [2.05, 4.69) is 0 Å². The lowest BCUT2D eigenvalue weighted by molar-refractivity contribution is 0.104. The van der Waals surface area contributed by atoms with Gasteiger partial charge < -0.3 is 14.9 Å². The smallest absolute Gasteiger partial charge is 0.0861 e. The van der Waals surface area contributed by atoms with Gasteiger partial charge >= 0.3 is 0 Å². The van der Waals surface area contributed by atoms with Crippen LogP contribution in [0.2, 0.25) is 0 Å². The minimum Gasteiger partial charge on any atom is -0.394 e. The van der Waals surface area contributed by atoms with Gasteiger partial charge in [0.05, 0.1) is 18.8 Å². The maximum absolute atomic E-state index is 9.07. The van der Waals surface area contributed by atoms with E-state index >= 15 is 0 Å². The summed E-state index contributed by atoms with van der Waals surface area (Å²) in [6.45, 7) is 0.805. The Hall–Kier alpha value is 0.230. The standard InChI is InChI=1S/C10H20O3S/c11-7-9(12)8-14-6-2-4-10-3-1-5-13-10/h9-12H,1-8H2. The minimum absolute atomic E-state index is 0.126. The van der Waals surface area contributed by atoms with E-state index in [4.69, 9.17) is 14.9 Å². The number of hydrogen-bond donors (Lipinski definition) is 2. The number of ether oxygens (including phenoxy) is 1. The average molecular weight is 220 g/mol. The summed E-state index contributed by atoms with van der Waals surface area (Å²) in [6.07, 6.45) is 4.64. The molecule has 0 aromatic rings. The first-order chi connectivity index (χ1) is 6.83. The second-order valence-electron chi connectivity index (χ2n) is 3.69. The molecule has 0 spiro atoms. The third-order valence-corrected chi connectivity index (χ3v) is 3.56. The number of hydrogen-bond acceptors (Lipinski definition) is 4. The van der Waals surface area contributed by atoms with E-state index in [1.54, 1.807) is 11.8 Å². The molecule has 4 heteroatoms. The number of aliphatic hydroxyl groups is 2. The highest BCUT2D eigenvalue weighted by Crippen LogP contribution is 2.18. The molecule has 1 rings (SSSR count). The Morgan fingerprint density at radius 1 is 1.50 bits per heavy atom. The third-order valence-electron chi connectivity index (χ3n) is 2.36. The molecule has 0 radical (unpaired) electrons. The zero-order valence-corrected chi connectivity index (χ0v) is 9.34. The van der Waals surface area contributed by atoms with Crippen LogP contribution in [-0.2, 0) is 4.74 Å². The molecule has 0 bridgehead atoms. The highest BCUT2D eigenvalue weighted by molar-refractivity contribution is 7.99. The van der Waals surface area contributed by atoms with E-state index in [0.29, 0.717) is 11.9 Å². The van der Waals surface area contributed by atoms with E-state index < -0.39 is 6.10 Å². The summed E-state index contributed by atoms with van der Waals surface area (Å²) in [5, 5.41) is 17.7. The quantitative estimate of drug-likeness (QED) is 0.629. The second-order valence-corrected chi connectivity index (χ2v) is 4.84. The van der Waals surface area contributed by atoms with Crippen molar-refractivity contribution in [3.8, 4) is 0 Å². The van der Waals surface area contributed by atoms with Crippen molar-refractivity contribution in [2.45, 2.75) is 37.9 Å². The summed E-state index contributed by atoms with van der Waals surface area (Å²) in [6, 6.07) is 0. The fourth-order valence-corrected chi connectivity index (χ4v) is 2.47. The molecule has 1 fully saturated rings. The average Bonchev–Trinajstić information content (AvgIpc) is 2.69. The van der Waals surface area contributed by atoms with Gasteiger partial charge in [-0.05, 0) is 31.4 Å². The Morgan fingerprint density at radius 2 is 2.36 bits per heavy atom. The summed E-state index contributed by atoms with van der Waals surface area (Å²) in [5.74, 6) is 1.69. The number of thioether (sulfide) groups is 1. The van der Waals surface area contributed by atoms with Gasteiger partial charge in [0.25, 0.3) is 0 Å². The molecule has 2 unspecified atom stereocenters. The summed E-state index contributed by atoms with van der Waals surface area (Å²) in [5.41, 5.74) is 0. The van der Waals surface area contributed by atoms with Crippen LogP contribution in [0.15, 0.2) is 0 Å². The fourth-order valence-electron chi connectivity index (χ4n) is 1.56. The molecule has 1 aliphatic rings.